The van der Waals surface area contributed by atoms with Crippen molar-refractivity contribution in [1.29, 1.82) is 0 Å². The Morgan fingerprint density at radius 2 is 1.57 bits per heavy atom. The van der Waals surface area contributed by atoms with E-state index in [0.717, 1.165) is 11.1 Å². The van der Waals surface area contributed by atoms with E-state index in [9.17, 15) is 17.6 Å². The number of carbonyl (C=O) groups is 1. The van der Waals surface area contributed by atoms with Crippen LogP contribution in [0.25, 0.3) is 0 Å². The number of carbonyl (C=O) groups excluding carboxylic acids is 1. The zero-order valence-corrected chi connectivity index (χ0v) is 16.2. The average Bonchev–Trinajstić information content (AvgIpc) is 2.66. The summed E-state index contributed by atoms with van der Waals surface area (Å²) in [6.07, 6.45) is 0. The summed E-state index contributed by atoms with van der Waals surface area (Å²) in [5.74, 6) is -1.02. The van der Waals surface area contributed by atoms with Crippen LogP contribution in [-0.4, -0.2) is 14.3 Å². The van der Waals surface area contributed by atoms with Crippen molar-refractivity contribution >= 4 is 27.3 Å². The molecule has 0 radical (unpaired) electrons. The number of hydrogen-bond donors (Lipinski definition) is 2. The summed E-state index contributed by atoms with van der Waals surface area (Å²) in [6, 6.07) is 16.7. The Bertz CT molecular complexity index is 1130. The van der Waals surface area contributed by atoms with Crippen molar-refractivity contribution in [2.45, 2.75) is 18.7 Å². The SMILES string of the molecule is Cc1ccc(C)c(NC(=O)c2ccc(S(=O)(=O)Nc3ccccc3F)cc2)c1. The third-order valence-corrected chi connectivity index (χ3v) is 5.57. The second kappa shape index (κ2) is 7.82. The van der Waals surface area contributed by atoms with Gasteiger partial charge in [-0.1, -0.05) is 24.3 Å². The second-order valence-electron chi connectivity index (χ2n) is 6.38. The molecule has 1 amide bonds. The first-order valence-electron chi connectivity index (χ1n) is 8.52. The van der Waals surface area contributed by atoms with E-state index >= 15 is 0 Å². The summed E-state index contributed by atoms with van der Waals surface area (Å²) >= 11 is 0. The Morgan fingerprint density at radius 3 is 2.25 bits per heavy atom. The lowest BCUT2D eigenvalue weighted by Gasteiger charge is -2.11. The van der Waals surface area contributed by atoms with Crippen LogP contribution in [0.3, 0.4) is 0 Å². The minimum atomic E-state index is -3.97. The Labute approximate surface area is 163 Å². The van der Waals surface area contributed by atoms with Gasteiger partial charge in [-0.15, -0.1) is 0 Å². The van der Waals surface area contributed by atoms with Gasteiger partial charge < -0.3 is 5.32 Å². The Balaban J connectivity index is 1.78. The Kier molecular flexibility index (Phi) is 5.46. The molecule has 0 aliphatic carbocycles. The molecule has 0 aromatic heterocycles. The van der Waals surface area contributed by atoms with Gasteiger partial charge in [0.05, 0.1) is 10.6 Å². The highest BCUT2D eigenvalue weighted by Crippen LogP contribution is 2.20. The maximum absolute atomic E-state index is 13.7. The maximum atomic E-state index is 13.7. The third kappa shape index (κ3) is 4.37. The number of aryl methyl sites for hydroxylation is 2. The van der Waals surface area contributed by atoms with Gasteiger partial charge in [-0.3, -0.25) is 9.52 Å². The topological polar surface area (TPSA) is 75.3 Å². The fraction of sp³-hybridized carbons (Fsp3) is 0.0952. The molecule has 0 unspecified atom stereocenters. The highest BCUT2D eigenvalue weighted by atomic mass is 32.2. The van der Waals surface area contributed by atoms with Crippen LogP contribution in [0.1, 0.15) is 21.5 Å². The summed E-state index contributed by atoms with van der Waals surface area (Å²) < 4.78 is 40.8. The zero-order chi connectivity index (χ0) is 20.3. The lowest BCUT2D eigenvalue weighted by molar-refractivity contribution is 0.102. The molecule has 0 saturated carbocycles. The van der Waals surface area contributed by atoms with Crippen molar-refractivity contribution < 1.29 is 17.6 Å². The summed E-state index contributed by atoms with van der Waals surface area (Å²) in [4.78, 5) is 12.4. The number of amides is 1. The molecule has 0 atom stereocenters. The first-order valence-corrected chi connectivity index (χ1v) is 10.0. The molecule has 0 fully saturated rings. The van der Waals surface area contributed by atoms with Crippen LogP contribution >= 0.6 is 0 Å². The molecule has 5 nitrogen and oxygen atoms in total. The fourth-order valence-corrected chi connectivity index (χ4v) is 3.67. The molecule has 0 aliphatic heterocycles. The van der Waals surface area contributed by atoms with Gasteiger partial charge in [0.1, 0.15) is 5.82 Å². The van der Waals surface area contributed by atoms with Gasteiger partial charge in [0.25, 0.3) is 15.9 Å². The van der Waals surface area contributed by atoms with Gasteiger partial charge in [-0.05, 0) is 67.4 Å². The largest absolute Gasteiger partial charge is 0.322 e. The second-order valence-corrected chi connectivity index (χ2v) is 8.06. The molecule has 0 heterocycles. The summed E-state index contributed by atoms with van der Waals surface area (Å²) in [7, 11) is -3.97. The molecule has 28 heavy (non-hydrogen) atoms. The van der Waals surface area contributed by atoms with E-state index < -0.39 is 15.8 Å². The quantitative estimate of drug-likeness (QED) is 0.665. The molecular weight excluding hydrogens is 379 g/mol. The van der Waals surface area contributed by atoms with E-state index in [0.29, 0.717) is 11.3 Å². The summed E-state index contributed by atoms with van der Waals surface area (Å²) in [6.45, 7) is 3.82. The van der Waals surface area contributed by atoms with E-state index in [4.69, 9.17) is 0 Å². The normalized spacial score (nSPS) is 11.1. The van der Waals surface area contributed by atoms with Crippen molar-refractivity contribution in [2.75, 3.05) is 10.0 Å². The molecule has 3 aromatic carbocycles. The number of hydrogen-bond acceptors (Lipinski definition) is 3. The van der Waals surface area contributed by atoms with E-state index in [1.807, 2.05) is 32.0 Å². The van der Waals surface area contributed by atoms with Crippen molar-refractivity contribution in [3.05, 3.63) is 89.2 Å². The van der Waals surface area contributed by atoms with E-state index in [1.165, 1.54) is 48.5 Å². The van der Waals surface area contributed by atoms with Crippen LogP contribution in [0.2, 0.25) is 0 Å². The van der Waals surface area contributed by atoms with Crippen molar-refractivity contribution in [3.63, 3.8) is 0 Å². The monoisotopic (exact) mass is 398 g/mol. The van der Waals surface area contributed by atoms with Gasteiger partial charge >= 0.3 is 0 Å². The van der Waals surface area contributed by atoms with E-state index in [1.54, 1.807) is 0 Å². The lowest BCUT2D eigenvalue weighted by atomic mass is 10.1. The number of nitrogens with one attached hydrogen (secondary N) is 2. The van der Waals surface area contributed by atoms with Gasteiger partial charge in [0.15, 0.2) is 0 Å². The van der Waals surface area contributed by atoms with Crippen LogP contribution in [0.15, 0.2) is 71.6 Å². The van der Waals surface area contributed by atoms with E-state index in [-0.39, 0.29) is 16.5 Å². The number of benzene rings is 3. The molecule has 0 bridgehead atoms. The smallest absolute Gasteiger partial charge is 0.261 e. The average molecular weight is 398 g/mol. The van der Waals surface area contributed by atoms with Gasteiger partial charge in [-0.25, -0.2) is 12.8 Å². The molecule has 7 heteroatoms. The molecule has 3 rings (SSSR count). The first-order chi connectivity index (χ1) is 13.3. The lowest BCUT2D eigenvalue weighted by Crippen LogP contribution is -2.15. The van der Waals surface area contributed by atoms with Crippen LogP contribution in [-0.2, 0) is 10.0 Å². The number of rotatable bonds is 5. The minimum Gasteiger partial charge on any atom is -0.322 e. The fourth-order valence-electron chi connectivity index (χ4n) is 2.60. The predicted octanol–water partition coefficient (Wildman–Crippen LogP) is 4.50. The van der Waals surface area contributed by atoms with Crippen LogP contribution in [0, 0.1) is 19.7 Å². The maximum Gasteiger partial charge on any atom is 0.261 e. The van der Waals surface area contributed by atoms with Gasteiger partial charge in [0, 0.05) is 11.3 Å². The summed E-state index contributed by atoms with van der Waals surface area (Å²) in [5.41, 5.74) is 2.81. The molecule has 3 aromatic rings. The molecular formula is C21H19FN2O3S. The number of para-hydroxylation sites is 1. The molecule has 2 N–H and O–H groups in total. The zero-order valence-electron chi connectivity index (χ0n) is 15.4. The highest BCUT2D eigenvalue weighted by molar-refractivity contribution is 7.92. The van der Waals surface area contributed by atoms with E-state index in [2.05, 4.69) is 10.0 Å². The number of sulfonamides is 1. The third-order valence-electron chi connectivity index (χ3n) is 4.19. The highest BCUT2D eigenvalue weighted by Gasteiger charge is 2.17. The van der Waals surface area contributed by atoms with Crippen LogP contribution in [0.4, 0.5) is 15.8 Å². The van der Waals surface area contributed by atoms with Crippen molar-refractivity contribution in [3.8, 4) is 0 Å². The Hall–Kier alpha value is -3.19. The summed E-state index contributed by atoms with van der Waals surface area (Å²) in [5, 5.41) is 2.82. The van der Waals surface area contributed by atoms with Gasteiger partial charge in [-0.2, -0.15) is 0 Å². The molecule has 0 saturated heterocycles. The first kappa shape index (κ1) is 19.6. The van der Waals surface area contributed by atoms with Crippen LogP contribution < -0.4 is 10.0 Å². The predicted molar refractivity (Wildman–Crippen MR) is 108 cm³/mol. The molecule has 144 valence electrons. The molecule has 0 aliphatic rings. The molecule has 0 spiro atoms. The standard InChI is InChI=1S/C21H19FN2O3S/c1-14-7-8-15(2)20(13-14)23-21(25)16-9-11-17(12-10-16)28(26,27)24-19-6-4-3-5-18(19)22/h3-13,24H,1-2H3,(H,23,25). The Morgan fingerprint density at radius 1 is 0.893 bits per heavy atom. The number of halogens is 1. The van der Waals surface area contributed by atoms with Crippen molar-refractivity contribution in [1.82, 2.24) is 0 Å². The minimum absolute atomic E-state index is 0.0703. The van der Waals surface area contributed by atoms with Gasteiger partial charge in [0.2, 0.25) is 0 Å². The number of anilines is 2. The van der Waals surface area contributed by atoms with Crippen LogP contribution in [0.5, 0.6) is 0 Å². The van der Waals surface area contributed by atoms with Crippen molar-refractivity contribution in [2.24, 2.45) is 0 Å².